The second-order valence-corrected chi connectivity index (χ2v) is 5.35. The predicted molar refractivity (Wildman–Crippen MR) is 60.1 cm³/mol. The molecule has 2 heteroatoms. The summed E-state index contributed by atoms with van der Waals surface area (Å²) in [6.45, 7) is 6.61. The first kappa shape index (κ1) is 10.7. The zero-order valence-electron chi connectivity index (χ0n) is 8.71. The van der Waals surface area contributed by atoms with E-state index in [4.69, 9.17) is 5.73 Å². The fraction of sp³-hybridized carbons (Fsp3) is 0.636. The number of hydrogen-bond donors (Lipinski definition) is 1. The van der Waals surface area contributed by atoms with Gasteiger partial charge in [0.15, 0.2) is 0 Å². The summed E-state index contributed by atoms with van der Waals surface area (Å²) in [5.41, 5.74) is 6.07. The molecule has 0 saturated carbocycles. The van der Waals surface area contributed by atoms with Crippen molar-refractivity contribution in [1.29, 1.82) is 0 Å². The summed E-state index contributed by atoms with van der Waals surface area (Å²) in [6.07, 6.45) is 2.33. The lowest BCUT2D eigenvalue weighted by atomic mass is 10.0. The molecular weight excluding hydrogens is 178 g/mol. The van der Waals surface area contributed by atoms with Gasteiger partial charge in [-0.15, -0.1) is 11.3 Å². The van der Waals surface area contributed by atoms with Gasteiger partial charge in [-0.05, 0) is 37.8 Å². The number of rotatable bonds is 4. The SMILES string of the molecule is Cc1ccc([C@@H](N)CCC(C)C)s1. The molecule has 0 aliphatic carbocycles. The lowest BCUT2D eigenvalue weighted by Gasteiger charge is -2.10. The van der Waals surface area contributed by atoms with E-state index in [2.05, 4.69) is 32.9 Å². The van der Waals surface area contributed by atoms with Crippen LogP contribution in [0.15, 0.2) is 12.1 Å². The van der Waals surface area contributed by atoms with Gasteiger partial charge in [-0.1, -0.05) is 13.8 Å². The van der Waals surface area contributed by atoms with Gasteiger partial charge in [-0.3, -0.25) is 0 Å². The van der Waals surface area contributed by atoms with Crippen LogP contribution < -0.4 is 5.73 Å². The van der Waals surface area contributed by atoms with Gasteiger partial charge < -0.3 is 5.73 Å². The van der Waals surface area contributed by atoms with Gasteiger partial charge in [0.2, 0.25) is 0 Å². The van der Waals surface area contributed by atoms with Gasteiger partial charge in [-0.25, -0.2) is 0 Å². The molecule has 0 amide bonds. The van der Waals surface area contributed by atoms with Crippen molar-refractivity contribution in [1.82, 2.24) is 0 Å². The third kappa shape index (κ3) is 3.49. The summed E-state index contributed by atoms with van der Waals surface area (Å²) >= 11 is 1.82. The first-order valence-electron chi connectivity index (χ1n) is 4.91. The molecule has 0 aliphatic heterocycles. The summed E-state index contributed by atoms with van der Waals surface area (Å²) < 4.78 is 0. The third-order valence-corrected chi connectivity index (χ3v) is 3.31. The molecule has 0 spiro atoms. The van der Waals surface area contributed by atoms with Gasteiger partial charge in [0, 0.05) is 15.8 Å². The van der Waals surface area contributed by atoms with Crippen LogP contribution in [-0.2, 0) is 0 Å². The van der Waals surface area contributed by atoms with E-state index < -0.39 is 0 Å². The van der Waals surface area contributed by atoms with E-state index in [1.54, 1.807) is 0 Å². The van der Waals surface area contributed by atoms with Crippen molar-refractivity contribution in [3.63, 3.8) is 0 Å². The van der Waals surface area contributed by atoms with Crippen molar-refractivity contribution < 1.29 is 0 Å². The van der Waals surface area contributed by atoms with Crippen LogP contribution in [-0.4, -0.2) is 0 Å². The maximum absolute atomic E-state index is 6.07. The van der Waals surface area contributed by atoms with Gasteiger partial charge >= 0.3 is 0 Å². The Morgan fingerprint density at radius 2 is 2.00 bits per heavy atom. The average molecular weight is 197 g/mol. The Morgan fingerprint density at radius 1 is 1.31 bits per heavy atom. The topological polar surface area (TPSA) is 26.0 Å². The molecule has 13 heavy (non-hydrogen) atoms. The molecule has 1 nitrogen and oxygen atoms in total. The Morgan fingerprint density at radius 3 is 2.46 bits per heavy atom. The summed E-state index contributed by atoms with van der Waals surface area (Å²) in [5.74, 6) is 0.757. The highest BCUT2D eigenvalue weighted by atomic mass is 32.1. The minimum Gasteiger partial charge on any atom is -0.323 e. The summed E-state index contributed by atoms with van der Waals surface area (Å²) in [7, 11) is 0. The lowest BCUT2D eigenvalue weighted by molar-refractivity contribution is 0.510. The number of aryl methyl sites for hydroxylation is 1. The molecule has 0 unspecified atom stereocenters. The molecule has 1 rings (SSSR count). The smallest absolute Gasteiger partial charge is 0.0389 e. The minimum absolute atomic E-state index is 0.251. The van der Waals surface area contributed by atoms with Gasteiger partial charge in [0.25, 0.3) is 0 Å². The Hall–Kier alpha value is -0.340. The molecule has 2 N–H and O–H groups in total. The van der Waals surface area contributed by atoms with Gasteiger partial charge in [-0.2, -0.15) is 0 Å². The van der Waals surface area contributed by atoms with Crippen molar-refractivity contribution in [2.75, 3.05) is 0 Å². The molecule has 0 aromatic carbocycles. The van der Waals surface area contributed by atoms with Gasteiger partial charge in [0.1, 0.15) is 0 Å². The summed E-state index contributed by atoms with van der Waals surface area (Å²) in [5, 5.41) is 0. The number of nitrogens with two attached hydrogens (primary N) is 1. The lowest BCUT2D eigenvalue weighted by Crippen LogP contribution is -2.09. The van der Waals surface area contributed by atoms with Crippen molar-refractivity contribution >= 4 is 11.3 Å². The molecule has 1 aromatic heterocycles. The number of thiophene rings is 1. The Bertz CT molecular complexity index is 252. The molecule has 1 atom stereocenters. The van der Waals surface area contributed by atoms with Gasteiger partial charge in [0.05, 0.1) is 0 Å². The van der Waals surface area contributed by atoms with Crippen LogP contribution in [0.25, 0.3) is 0 Å². The van der Waals surface area contributed by atoms with Crippen molar-refractivity contribution in [2.24, 2.45) is 11.7 Å². The molecule has 0 aliphatic rings. The molecule has 74 valence electrons. The van der Waals surface area contributed by atoms with Crippen LogP contribution in [0, 0.1) is 12.8 Å². The molecule has 0 saturated heterocycles. The summed E-state index contributed by atoms with van der Waals surface area (Å²) in [4.78, 5) is 2.69. The highest BCUT2D eigenvalue weighted by Crippen LogP contribution is 2.25. The van der Waals surface area contributed by atoms with E-state index in [9.17, 15) is 0 Å². The molecule has 0 fully saturated rings. The van der Waals surface area contributed by atoms with Crippen LogP contribution >= 0.6 is 11.3 Å². The van der Waals surface area contributed by atoms with E-state index in [1.807, 2.05) is 11.3 Å². The van der Waals surface area contributed by atoms with Crippen molar-refractivity contribution in [3.05, 3.63) is 21.9 Å². The number of hydrogen-bond acceptors (Lipinski definition) is 2. The standard InChI is InChI=1S/C11H19NS/c1-8(2)4-6-10(12)11-7-5-9(3)13-11/h5,7-8,10H,4,6,12H2,1-3H3/t10-/m0/s1. The van der Waals surface area contributed by atoms with E-state index in [1.165, 1.54) is 16.2 Å². The Kier molecular flexibility index (Phi) is 3.94. The van der Waals surface area contributed by atoms with Crippen LogP contribution in [0.1, 0.15) is 42.5 Å². The Labute approximate surface area is 85.0 Å². The minimum atomic E-state index is 0.251. The molecule has 1 heterocycles. The second-order valence-electron chi connectivity index (χ2n) is 4.03. The van der Waals surface area contributed by atoms with Crippen LogP contribution in [0.3, 0.4) is 0 Å². The van der Waals surface area contributed by atoms with E-state index in [-0.39, 0.29) is 6.04 Å². The highest BCUT2D eigenvalue weighted by Gasteiger charge is 2.08. The highest BCUT2D eigenvalue weighted by molar-refractivity contribution is 7.12. The van der Waals surface area contributed by atoms with Crippen LogP contribution in [0.4, 0.5) is 0 Å². The quantitative estimate of drug-likeness (QED) is 0.785. The van der Waals surface area contributed by atoms with E-state index in [0.29, 0.717) is 0 Å². The summed E-state index contributed by atoms with van der Waals surface area (Å²) in [6, 6.07) is 4.56. The fourth-order valence-corrected chi connectivity index (χ4v) is 2.22. The zero-order chi connectivity index (χ0) is 9.84. The maximum Gasteiger partial charge on any atom is 0.0389 e. The second kappa shape index (κ2) is 4.77. The van der Waals surface area contributed by atoms with Crippen LogP contribution in [0.5, 0.6) is 0 Å². The van der Waals surface area contributed by atoms with E-state index >= 15 is 0 Å². The van der Waals surface area contributed by atoms with E-state index in [0.717, 1.165) is 12.3 Å². The molecule has 0 radical (unpaired) electrons. The monoisotopic (exact) mass is 197 g/mol. The van der Waals surface area contributed by atoms with Crippen molar-refractivity contribution in [2.45, 2.75) is 39.7 Å². The largest absolute Gasteiger partial charge is 0.323 e. The van der Waals surface area contributed by atoms with Crippen molar-refractivity contribution in [3.8, 4) is 0 Å². The average Bonchev–Trinajstić information content (AvgIpc) is 2.47. The zero-order valence-corrected chi connectivity index (χ0v) is 9.53. The third-order valence-electron chi connectivity index (χ3n) is 2.18. The maximum atomic E-state index is 6.07. The van der Waals surface area contributed by atoms with Crippen LogP contribution in [0.2, 0.25) is 0 Å². The molecular formula is C11H19NS. The normalized spacial score (nSPS) is 13.6. The fourth-order valence-electron chi connectivity index (χ4n) is 1.31. The Balaban J connectivity index is 2.44. The predicted octanol–water partition coefficient (Wildman–Crippen LogP) is 3.49. The first-order chi connectivity index (χ1) is 6.09. The first-order valence-corrected chi connectivity index (χ1v) is 5.73. The molecule has 1 aromatic rings. The molecule has 0 bridgehead atoms.